The second kappa shape index (κ2) is 4.00. The summed E-state index contributed by atoms with van der Waals surface area (Å²) in [4.78, 5) is 6.91. The predicted octanol–water partition coefficient (Wildman–Crippen LogP) is 1.64. The normalized spacial score (nSPS) is 10.2. The molecule has 0 saturated carbocycles. The van der Waals surface area contributed by atoms with Gasteiger partial charge in [-0.05, 0) is 17.2 Å². The Morgan fingerprint density at radius 1 is 1.47 bits per heavy atom. The zero-order valence-corrected chi connectivity index (χ0v) is 7.91. The predicted molar refractivity (Wildman–Crippen MR) is 54.0 cm³/mol. The number of azide groups is 1. The monoisotopic (exact) mass is 203 g/mol. The van der Waals surface area contributed by atoms with Gasteiger partial charge in [0.2, 0.25) is 0 Å². The molecule has 15 heavy (non-hydrogen) atoms. The first-order valence-corrected chi connectivity index (χ1v) is 4.41. The number of hydrogen-bond acceptors (Lipinski definition) is 3. The number of aliphatic hydroxyl groups excluding tert-OH is 1. The topological polar surface area (TPSA) is 86.3 Å². The SMILES string of the molecule is [N-]=[N+]=NCc1cn2cc(CO)ccc2n1. The summed E-state index contributed by atoms with van der Waals surface area (Å²) in [6, 6.07) is 3.62. The van der Waals surface area contributed by atoms with E-state index in [9.17, 15) is 0 Å². The van der Waals surface area contributed by atoms with E-state index in [1.807, 2.05) is 6.07 Å². The molecule has 0 bridgehead atoms. The number of rotatable bonds is 3. The van der Waals surface area contributed by atoms with Crippen molar-refractivity contribution in [2.24, 2.45) is 5.11 Å². The van der Waals surface area contributed by atoms with E-state index in [0.717, 1.165) is 11.2 Å². The van der Waals surface area contributed by atoms with Crippen molar-refractivity contribution in [2.45, 2.75) is 13.2 Å². The van der Waals surface area contributed by atoms with E-state index in [2.05, 4.69) is 15.0 Å². The number of aromatic nitrogens is 2. The van der Waals surface area contributed by atoms with E-state index in [1.54, 1.807) is 22.9 Å². The van der Waals surface area contributed by atoms with Gasteiger partial charge in [0.05, 0.1) is 18.8 Å². The van der Waals surface area contributed by atoms with Gasteiger partial charge in [-0.2, -0.15) is 0 Å². The lowest BCUT2D eigenvalue weighted by Gasteiger charge is -1.96. The van der Waals surface area contributed by atoms with E-state index < -0.39 is 0 Å². The highest BCUT2D eigenvalue weighted by molar-refractivity contribution is 5.41. The van der Waals surface area contributed by atoms with E-state index in [1.165, 1.54) is 0 Å². The van der Waals surface area contributed by atoms with Crippen molar-refractivity contribution in [3.63, 3.8) is 0 Å². The zero-order valence-electron chi connectivity index (χ0n) is 7.91. The molecular formula is C9H9N5O. The molecule has 6 heteroatoms. The van der Waals surface area contributed by atoms with Crippen LogP contribution in [0.1, 0.15) is 11.3 Å². The molecule has 0 radical (unpaired) electrons. The minimum atomic E-state index is -0.000197. The number of hydrogen-bond donors (Lipinski definition) is 1. The molecule has 0 aromatic carbocycles. The van der Waals surface area contributed by atoms with Crippen LogP contribution in [0.5, 0.6) is 0 Å². The third-order valence-electron chi connectivity index (χ3n) is 2.04. The molecule has 76 valence electrons. The lowest BCUT2D eigenvalue weighted by Crippen LogP contribution is -1.88. The van der Waals surface area contributed by atoms with Gasteiger partial charge in [-0.3, -0.25) is 0 Å². The standard InChI is InChI=1S/C9H9N5O/c10-13-11-3-8-5-14-4-7(6-15)1-2-9(14)12-8/h1-2,4-5,15H,3,6H2. The molecule has 0 unspecified atom stereocenters. The third kappa shape index (κ3) is 1.90. The summed E-state index contributed by atoms with van der Waals surface area (Å²) in [7, 11) is 0. The van der Waals surface area contributed by atoms with Crippen molar-refractivity contribution < 1.29 is 5.11 Å². The summed E-state index contributed by atoms with van der Waals surface area (Å²) in [6.07, 6.45) is 3.57. The number of fused-ring (bicyclic) bond motifs is 1. The number of nitrogens with zero attached hydrogens (tertiary/aromatic N) is 5. The van der Waals surface area contributed by atoms with E-state index in [0.29, 0.717) is 5.69 Å². The molecular weight excluding hydrogens is 194 g/mol. The molecule has 0 aliphatic heterocycles. The molecule has 0 amide bonds. The Balaban J connectivity index is 2.41. The van der Waals surface area contributed by atoms with Crippen LogP contribution in [0.2, 0.25) is 0 Å². The Morgan fingerprint density at radius 2 is 2.33 bits per heavy atom. The van der Waals surface area contributed by atoms with Gasteiger partial charge in [0.25, 0.3) is 0 Å². The fourth-order valence-electron chi connectivity index (χ4n) is 1.36. The molecule has 2 aromatic rings. The summed E-state index contributed by atoms with van der Waals surface area (Å²) < 4.78 is 1.80. The van der Waals surface area contributed by atoms with Crippen LogP contribution in [-0.4, -0.2) is 14.5 Å². The van der Waals surface area contributed by atoms with Crippen LogP contribution in [0.4, 0.5) is 0 Å². The molecule has 0 atom stereocenters. The molecule has 0 spiro atoms. The van der Waals surface area contributed by atoms with Gasteiger partial charge in [0.15, 0.2) is 0 Å². The van der Waals surface area contributed by atoms with Crippen molar-refractivity contribution in [3.8, 4) is 0 Å². The van der Waals surface area contributed by atoms with Gasteiger partial charge in [-0.15, -0.1) is 0 Å². The summed E-state index contributed by atoms with van der Waals surface area (Å²) in [5.41, 5.74) is 10.5. The van der Waals surface area contributed by atoms with Crippen LogP contribution in [0.3, 0.4) is 0 Å². The largest absolute Gasteiger partial charge is 0.392 e. The van der Waals surface area contributed by atoms with Gasteiger partial charge < -0.3 is 9.51 Å². The summed E-state index contributed by atoms with van der Waals surface area (Å²) in [5.74, 6) is 0. The highest BCUT2D eigenvalue weighted by Crippen LogP contribution is 2.08. The minimum absolute atomic E-state index is 0.000197. The van der Waals surface area contributed by atoms with Gasteiger partial charge in [-0.25, -0.2) is 4.98 Å². The lowest BCUT2D eigenvalue weighted by atomic mass is 10.3. The van der Waals surface area contributed by atoms with Crippen LogP contribution in [0, 0.1) is 0 Å². The molecule has 2 heterocycles. The highest BCUT2D eigenvalue weighted by Gasteiger charge is 2.00. The first-order valence-electron chi connectivity index (χ1n) is 4.41. The fraction of sp³-hybridized carbons (Fsp3) is 0.222. The Kier molecular flexibility index (Phi) is 2.53. The third-order valence-corrected chi connectivity index (χ3v) is 2.04. The van der Waals surface area contributed by atoms with Crippen molar-refractivity contribution in [1.29, 1.82) is 0 Å². The molecule has 0 fully saturated rings. The van der Waals surface area contributed by atoms with Gasteiger partial charge >= 0.3 is 0 Å². The average Bonchev–Trinajstić information content (AvgIpc) is 2.67. The maximum absolute atomic E-state index is 8.94. The van der Waals surface area contributed by atoms with Gasteiger partial charge in [0.1, 0.15) is 5.65 Å². The highest BCUT2D eigenvalue weighted by atomic mass is 16.3. The van der Waals surface area contributed by atoms with E-state index in [-0.39, 0.29) is 13.2 Å². The number of imidazole rings is 1. The van der Waals surface area contributed by atoms with Crippen molar-refractivity contribution >= 4 is 5.65 Å². The number of pyridine rings is 1. The maximum atomic E-state index is 8.94. The fourth-order valence-corrected chi connectivity index (χ4v) is 1.36. The van der Waals surface area contributed by atoms with Crippen LogP contribution in [0.25, 0.3) is 16.1 Å². The van der Waals surface area contributed by atoms with Crippen LogP contribution >= 0.6 is 0 Å². The molecule has 0 aliphatic rings. The molecule has 6 nitrogen and oxygen atoms in total. The summed E-state index contributed by atoms with van der Waals surface area (Å²) in [5, 5.41) is 12.4. The Labute approximate surface area is 85.4 Å². The lowest BCUT2D eigenvalue weighted by molar-refractivity contribution is 0.281. The molecule has 2 aromatic heterocycles. The maximum Gasteiger partial charge on any atom is 0.136 e. The molecule has 0 saturated heterocycles. The minimum Gasteiger partial charge on any atom is -0.392 e. The second-order valence-electron chi connectivity index (χ2n) is 3.08. The molecule has 1 N–H and O–H groups in total. The van der Waals surface area contributed by atoms with Crippen LogP contribution < -0.4 is 0 Å². The molecule has 0 aliphatic carbocycles. The first kappa shape index (κ1) is 9.51. The summed E-state index contributed by atoms with van der Waals surface area (Å²) in [6.45, 7) is 0.242. The smallest absolute Gasteiger partial charge is 0.136 e. The average molecular weight is 203 g/mol. The Morgan fingerprint density at radius 3 is 3.07 bits per heavy atom. The Bertz CT molecular complexity index is 526. The zero-order chi connectivity index (χ0) is 10.7. The van der Waals surface area contributed by atoms with Gasteiger partial charge in [-0.1, -0.05) is 11.2 Å². The first-order chi connectivity index (χ1) is 7.33. The van der Waals surface area contributed by atoms with Crippen molar-refractivity contribution in [3.05, 3.63) is 46.2 Å². The van der Waals surface area contributed by atoms with Crippen molar-refractivity contribution in [2.75, 3.05) is 0 Å². The number of aliphatic hydroxyl groups is 1. The van der Waals surface area contributed by atoms with Gasteiger partial charge in [0, 0.05) is 17.3 Å². The quantitative estimate of drug-likeness (QED) is 0.467. The van der Waals surface area contributed by atoms with E-state index >= 15 is 0 Å². The second-order valence-corrected chi connectivity index (χ2v) is 3.08. The molecule has 2 rings (SSSR count). The Hall–Kier alpha value is -2.04. The van der Waals surface area contributed by atoms with E-state index in [4.69, 9.17) is 10.6 Å². The van der Waals surface area contributed by atoms with Crippen molar-refractivity contribution in [1.82, 2.24) is 9.38 Å². The summed E-state index contributed by atoms with van der Waals surface area (Å²) >= 11 is 0. The van der Waals surface area contributed by atoms with Crippen LogP contribution in [-0.2, 0) is 13.2 Å². The van der Waals surface area contributed by atoms with Crippen LogP contribution in [0.15, 0.2) is 29.6 Å².